The normalized spacial score (nSPS) is 25.8. The van der Waals surface area contributed by atoms with Crippen molar-refractivity contribution in [3.8, 4) is 6.07 Å². The molecule has 3 amide bonds. The number of nitrogens with two attached hydrogens (primary N) is 2. The largest absolute Gasteiger partial charge is 0.389 e. The summed E-state index contributed by atoms with van der Waals surface area (Å²) in [6, 6.07) is 4.50. The molecule has 4 atom stereocenters. The van der Waals surface area contributed by atoms with Gasteiger partial charge in [0.25, 0.3) is 0 Å². The topological polar surface area (TPSA) is 178 Å². The van der Waals surface area contributed by atoms with Crippen molar-refractivity contribution in [1.82, 2.24) is 25.4 Å². The van der Waals surface area contributed by atoms with E-state index < -0.39 is 23.7 Å². The molecule has 3 unspecified atom stereocenters. The summed E-state index contributed by atoms with van der Waals surface area (Å²) in [7, 11) is 3.75. The summed E-state index contributed by atoms with van der Waals surface area (Å²) in [6.07, 6.45) is 6.96. The van der Waals surface area contributed by atoms with Crippen molar-refractivity contribution in [3.63, 3.8) is 0 Å². The summed E-state index contributed by atoms with van der Waals surface area (Å²) < 4.78 is 12.8. The van der Waals surface area contributed by atoms with Crippen molar-refractivity contribution < 1.29 is 14.0 Å². The Hall–Kier alpha value is -3.93. The van der Waals surface area contributed by atoms with Crippen molar-refractivity contribution in [1.29, 1.82) is 5.26 Å². The number of thiophene rings is 1. The van der Waals surface area contributed by atoms with Gasteiger partial charge in [0.05, 0.1) is 17.0 Å². The van der Waals surface area contributed by atoms with Crippen LogP contribution in [0.5, 0.6) is 0 Å². The fourth-order valence-electron chi connectivity index (χ4n) is 7.15. The Labute approximate surface area is 274 Å². The highest BCUT2D eigenvalue weighted by Gasteiger charge is 2.53. The first-order valence-electron chi connectivity index (χ1n) is 15.6. The van der Waals surface area contributed by atoms with Gasteiger partial charge in [0.2, 0.25) is 11.9 Å². The molecule has 2 aromatic rings. The lowest BCUT2D eigenvalue weighted by Crippen LogP contribution is -2.48. The number of fused-ring (bicyclic) bond motifs is 3. The number of pyridine rings is 1. The zero-order chi connectivity index (χ0) is 33.6. The quantitative estimate of drug-likeness (QED) is 0.278. The Morgan fingerprint density at radius 2 is 2.02 bits per heavy atom. The number of nitrogens with zero attached hydrogens (tertiary/aromatic N) is 6. The van der Waals surface area contributed by atoms with Crippen molar-refractivity contribution in [2.75, 3.05) is 45.2 Å². The number of likely N-dealkylation sites (tertiary alicyclic amines) is 1. The zero-order valence-corrected chi connectivity index (χ0v) is 27.9. The fourth-order valence-corrected chi connectivity index (χ4v) is 8.31. The lowest BCUT2D eigenvalue weighted by atomic mass is 9.70. The summed E-state index contributed by atoms with van der Waals surface area (Å²) in [4.78, 5) is 42.8. The van der Waals surface area contributed by atoms with Crippen LogP contribution in [0.3, 0.4) is 0 Å². The molecule has 0 saturated carbocycles. The number of nitrogens with one attached hydrogen (secondary N) is 2. The van der Waals surface area contributed by atoms with Gasteiger partial charge in [0.1, 0.15) is 23.1 Å². The second-order valence-corrected chi connectivity index (χ2v) is 13.6. The highest BCUT2D eigenvalue weighted by molar-refractivity contribution is 7.16. The van der Waals surface area contributed by atoms with E-state index in [0.717, 1.165) is 36.2 Å². The maximum atomic E-state index is 13.9. The second kappa shape index (κ2) is 14.7. The minimum absolute atomic E-state index is 0.0684. The number of alkyl halides is 1. The molecular weight excluding hydrogens is 607 g/mol. The number of carbonyl (C=O) groups excluding carboxylic acids is 2. The molecule has 4 aliphatic rings. The molecule has 6 rings (SSSR count). The van der Waals surface area contributed by atoms with Crippen LogP contribution in [0.25, 0.3) is 0 Å². The van der Waals surface area contributed by atoms with Crippen molar-refractivity contribution in [2.45, 2.75) is 82.0 Å². The van der Waals surface area contributed by atoms with Gasteiger partial charge in [0, 0.05) is 40.8 Å². The molecular formula is C32H45FN10O2S. The lowest BCUT2D eigenvalue weighted by molar-refractivity contribution is -0.129. The number of nitrogen functional groups attached to an aromatic ring is 2. The average molecular weight is 653 g/mol. The van der Waals surface area contributed by atoms with Gasteiger partial charge in [-0.3, -0.25) is 19.9 Å². The Morgan fingerprint density at radius 3 is 2.67 bits per heavy atom. The van der Waals surface area contributed by atoms with E-state index >= 15 is 0 Å². The summed E-state index contributed by atoms with van der Waals surface area (Å²) in [5.74, 6) is 0.168. The summed E-state index contributed by atoms with van der Waals surface area (Å²) >= 11 is 1.38. The van der Waals surface area contributed by atoms with Crippen molar-refractivity contribution in [2.24, 2.45) is 9.98 Å². The molecule has 3 saturated heterocycles. The first kappa shape index (κ1) is 34.9. The number of aliphatic imine (C=N–C) groups is 2. The number of hydrogen-bond donors (Lipinski definition) is 4. The molecule has 1 aliphatic carbocycles. The van der Waals surface area contributed by atoms with E-state index in [9.17, 15) is 19.2 Å². The number of nitriles is 1. The SMILES string of the molecule is C=NC(=O)NC(=NC(C)c1cccnc1N)N1CCC2(CCCc3sc(N)c(C#N)c32)C1=O.CNC.C[C@@]12CCCN1CC(F)C2. The highest BCUT2D eigenvalue weighted by Crippen LogP contribution is 2.50. The molecule has 12 nitrogen and oxygen atoms in total. The van der Waals surface area contributed by atoms with Gasteiger partial charge < -0.3 is 16.8 Å². The molecule has 0 aromatic carbocycles. The van der Waals surface area contributed by atoms with E-state index in [2.05, 4.69) is 50.2 Å². The molecule has 3 fully saturated rings. The highest BCUT2D eigenvalue weighted by atomic mass is 32.1. The van der Waals surface area contributed by atoms with E-state index in [0.29, 0.717) is 47.9 Å². The molecule has 2 aromatic heterocycles. The van der Waals surface area contributed by atoms with Crippen LogP contribution in [0.1, 0.15) is 80.0 Å². The Morgan fingerprint density at radius 1 is 1.28 bits per heavy atom. The first-order chi connectivity index (χ1) is 21.9. The molecule has 6 N–H and O–H groups in total. The van der Waals surface area contributed by atoms with Gasteiger partial charge in [-0.1, -0.05) is 6.07 Å². The van der Waals surface area contributed by atoms with Gasteiger partial charge >= 0.3 is 6.03 Å². The number of guanidine groups is 1. The third kappa shape index (κ3) is 6.91. The predicted octanol–water partition coefficient (Wildman–Crippen LogP) is 3.93. The standard InChI is InChI=1S/C22H24N8O2S.C8H14FN.C2H7N/c1-12(13-5-4-9-27-17(13)24)28-20(29-21(32)26-2)30-10-8-22(19(30)31)7-3-6-15-16(22)14(11-23)18(25)33-15;1-8-3-2-4-10(8)6-7(9)5-8;1-3-2/h4-5,9,12H,2-3,6-8,10,25H2,1H3,(H2,24,27)(H,28,29,32);7H,2-6H2,1H3;3H,1-2H3/t;7?,8-;/m.0./s1. The van der Waals surface area contributed by atoms with Crippen LogP contribution in [0.4, 0.5) is 20.0 Å². The smallest absolute Gasteiger partial charge is 0.347 e. The van der Waals surface area contributed by atoms with Gasteiger partial charge in [-0.25, -0.2) is 24.2 Å². The van der Waals surface area contributed by atoms with Crippen LogP contribution in [0.2, 0.25) is 0 Å². The number of hydrogen-bond acceptors (Lipinski definition) is 10. The number of aryl methyl sites for hydroxylation is 1. The summed E-state index contributed by atoms with van der Waals surface area (Å²) in [5.41, 5.74) is 13.2. The van der Waals surface area contributed by atoms with Gasteiger partial charge in [0.15, 0.2) is 0 Å². The molecule has 0 bridgehead atoms. The van der Waals surface area contributed by atoms with Crippen LogP contribution < -0.4 is 22.1 Å². The lowest BCUT2D eigenvalue weighted by Gasteiger charge is -2.32. The van der Waals surface area contributed by atoms with Crippen LogP contribution in [-0.2, 0) is 16.6 Å². The third-order valence-corrected chi connectivity index (χ3v) is 10.3. The van der Waals surface area contributed by atoms with Crippen LogP contribution in [-0.4, -0.2) is 84.8 Å². The van der Waals surface area contributed by atoms with E-state index in [1.807, 2.05) is 14.1 Å². The molecule has 5 heterocycles. The number of rotatable bonds is 2. The monoisotopic (exact) mass is 652 g/mol. The Kier molecular flexibility index (Phi) is 11.1. The van der Waals surface area contributed by atoms with Crippen LogP contribution >= 0.6 is 11.3 Å². The first-order valence-corrected chi connectivity index (χ1v) is 16.4. The predicted molar refractivity (Wildman–Crippen MR) is 181 cm³/mol. The number of carbonyl (C=O) groups is 2. The molecule has 0 radical (unpaired) electrons. The molecule has 14 heteroatoms. The minimum Gasteiger partial charge on any atom is -0.389 e. The number of urea groups is 1. The number of amides is 3. The molecule has 248 valence electrons. The van der Waals surface area contributed by atoms with Gasteiger partial charge in [-0.05, 0) is 92.2 Å². The fraction of sp³-hybridized carbons (Fsp3) is 0.562. The summed E-state index contributed by atoms with van der Waals surface area (Å²) in [6.45, 7) is 9.38. The molecule has 3 aliphatic heterocycles. The van der Waals surface area contributed by atoms with E-state index in [4.69, 9.17) is 11.5 Å². The minimum atomic E-state index is -0.865. The van der Waals surface area contributed by atoms with Crippen LogP contribution in [0.15, 0.2) is 28.3 Å². The second-order valence-electron chi connectivity index (χ2n) is 12.4. The van der Waals surface area contributed by atoms with E-state index in [-0.39, 0.29) is 17.4 Å². The van der Waals surface area contributed by atoms with E-state index in [1.165, 1.54) is 29.1 Å². The Bertz CT molecular complexity index is 1520. The maximum Gasteiger partial charge on any atom is 0.347 e. The van der Waals surface area contributed by atoms with Crippen LogP contribution in [0, 0.1) is 11.3 Å². The molecule has 1 spiro atoms. The maximum absolute atomic E-state index is 13.9. The number of aromatic nitrogens is 1. The number of halogens is 1. The average Bonchev–Trinajstić information content (AvgIpc) is 3.72. The third-order valence-electron chi connectivity index (χ3n) is 9.26. The van der Waals surface area contributed by atoms with Crippen molar-refractivity contribution in [3.05, 3.63) is 39.9 Å². The Balaban J connectivity index is 0.000000306. The van der Waals surface area contributed by atoms with Crippen molar-refractivity contribution >= 4 is 46.8 Å². The van der Waals surface area contributed by atoms with Gasteiger partial charge in [-0.2, -0.15) is 5.26 Å². The van der Waals surface area contributed by atoms with Gasteiger partial charge in [-0.15, -0.1) is 11.3 Å². The summed E-state index contributed by atoms with van der Waals surface area (Å²) in [5, 5.41) is 15.5. The van der Waals surface area contributed by atoms with E-state index in [1.54, 1.807) is 25.3 Å². The zero-order valence-electron chi connectivity index (χ0n) is 27.1. The molecule has 46 heavy (non-hydrogen) atoms. The number of anilines is 2.